The van der Waals surface area contributed by atoms with E-state index < -0.39 is 5.97 Å². The van der Waals surface area contributed by atoms with Crippen LogP contribution in [0, 0.1) is 5.41 Å². The molecule has 0 radical (unpaired) electrons. The summed E-state index contributed by atoms with van der Waals surface area (Å²) in [5.74, 6) is 1.70. The average Bonchev–Trinajstić information content (AvgIpc) is 2.62. The summed E-state index contributed by atoms with van der Waals surface area (Å²) < 4.78 is 0. The fraction of sp³-hybridized carbons (Fsp3) is 0.909. The Labute approximate surface area is 90.5 Å². The fourth-order valence-corrected chi connectivity index (χ4v) is 2.92. The van der Waals surface area contributed by atoms with Crippen molar-refractivity contribution in [3.05, 3.63) is 0 Å². The van der Waals surface area contributed by atoms with Crippen molar-refractivity contribution in [1.82, 2.24) is 0 Å². The first kappa shape index (κ1) is 11.9. The first-order valence-electron chi connectivity index (χ1n) is 5.52. The molecule has 0 amide bonds. The summed E-state index contributed by atoms with van der Waals surface area (Å²) in [6.07, 6.45) is 5.96. The Kier molecular flexibility index (Phi) is 4.79. The van der Waals surface area contributed by atoms with E-state index in [9.17, 15) is 9.90 Å². The topological polar surface area (TPSA) is 37.3 Å². The second-order valence-corrected chi connectivity index (χ2v) is 5.49. The highest BCUT2D eigenvalue weighted by molar-refractivity contribution is 7.99. The molecule has 0 spiro atoms. The van der Waals surface area contributed by atoms with Crippen LogP contribution < -0.4 is 0 Å². The van der Waals surface area contributed by atoms with Crippen LogP contribution in [-0.4, -0.2) is 22.6 Å². The number of hydrogen-bond donors (Lipinski definition) is 1. The Morgan fingerprint density at radius 3 is 2.57 bits per heavy atom. The molecule has 0 aromatic heterocycles. The molecule has 0 bridgehead atoms. The molecule has 0 aromatic carbocycles. The molecule has 0 unspecified atom stereocenters. The first-order valence-corrected chi connectivity index (χ1v) is 6.68. The third-order valence-corrected chi connectivity index (χ3v) is 4.15. The highest BCUT2D eigenvalue weighted by atomic mass is 32.2. The Morgan fingerprint density at radius 1 is 1.43 bits per heavy atom. The van der Waals surface area contributed by atoms with Crippen LogP contribution in [-0.2, 0) is 4.79 Å². The van der Waals surface area contributed by atoms with Gasteiger partial charge in [-0.2, -0.15) is 11.8 Å². The number of rotatable bonds is 6. The van der Waals surface area contributed by atoms with E-state index >= 15 is 0 Å². The molecule has 1 N–H and O–H groups in total. The van der Waals surface area contributed by atoms with Crippen molar-refractivity contribution in [3.63, 3.8) is 0 Å². The molecule has 3 heteroatoms. The SMILES string of the molecule is CCSCCCC1(C(=O)O)CCCC1. The molecule has 1 aliphatic carbocycles. The van der Waals surface area contributed by atoms with Crippen LogP contribution in [0.2, 0.25) is 0 Å². The maximum Gasteiger partial charge on any atom is 0.309 e. The maximum atomic E-state index is 11.2. The molecule has 0 atom stereocenters. The van der Waals surface area contributed by atoms with Crippen molar-refractivity contribution in [3.8, 4) is 0 Å². The molecule has 0 saturated heterocycles. The second-order valence-electron chi connectivity index (χ2n) is 4.09. The van der Waals surface area contributed by atoms with Crippen molar-refractivity contribution in [2.45, 2.75) is 45.4 Å². The molecular weight excluding hydrogens is 196 g/mol. The van der Waals surface area contributed by atoms with Gasteiger partial charge in [0.1, 0.15) is 0 Å². The van der Waals surface area contributed by atoms with Crippen LogP contribution in [0.25, 0.3) is 0 Å². The number of carbonyl (C=O) groups is 1. The summed E-state index contributed by atoms with van der Waals surface area (Å²) in [4.78, 5) is 11.2. The van der Waals surface area contributed by atoms with Gasteiger partial charge in [0.05, 0.1) is 5.41 Å². The predicted octanol–water partition coefficient (Wildman–Crippen LogP) is 3.16. The number of thioether (sulfide) groups is 1. The Morgan fingerprint density at radius 2 is 2.07 bits per heavy atom. The van der Waals surface area contributed by atoms with Gasteiger partial charge in [-0.15, -0.1) is 0 Å². The standard InChI is InChI=1S/C11H20O2S/c1-2-14-9-5-8-11(10(12)13)6-3-4-7-11/h2-9H2,1H3,(H,12,13). The van der Waals surface area contributed by atoms with E-state index in [1.807, 2.05) is 11.8 Å². The highest BCUT2D eigenvalue weighted by Crippen LogP contribution is 2.42. The van der Waals surface area contributed by atoms with E-state index in [1.165, 1.54) is 0 Å². The zero-order valence-corrected chi connectivity index (χ0v) is 9.74. The summed E-state index contributed by atoms with van der Waals surface area (Å²) in [6, 6.07) is 0. The van der Waals surface area contributed by atoms with E-state index in [2.05, 4.69) is 6.92 Å². The van der Waals surface area contributed by atoms with E-state index in [0.29, 0.717) is 0 Å². The molecule has 1 rings (SSSR count). The van der Waals surface area contributed by atoms with Crippen molar-refractivity contribution in [1.29, 1.82) is 0 Å². The normalized spacial score (nSPS) is 19.8. The predicted molar refractivity (Wildman–Crippen MR) is 60.8 cm³/mol. The molecule has 1 aliphatic rings. The van der Waals surface area contributed by atoms with Gasteiger partial charge in [0.25, 0.3) is 0 Å². The summed E-state index contributed by atoms with van der Waals surface area (Å²) in [5, 5.41) is 9.21. The Bertz CT molecular complexity index is 186. The number of carboxylic acids is 1. The van der Waals surface area contributed by atoms with E-state index in [4.69, 9.17) is 0 Å². The maximum absolute atomic E-state index is 11.2. The quantitative estimate of drug-likeness (QED) is 0.693. The summed E-state index contributed by atoms with van der Waals surface area (Å²) in [5.41, 5.74) is -0.353. The van der Waals surface area contributed by atoms with Gasteiger partial charge in [-0.05, 0) is 37.2 Å². The van der Waals surface area contributed by atoms with Gasteiger partial charge in [-0.25, -0.2) is 0 Å². The van der Waals surface area contributed by atoms with E-state index in [0.717, 1.165) is 50.0 Å². The molecule has 1 saturated carbocycles. The van der Waals surface area contributed by atoms with Crippen molar-refractivity contribution in [2.75, 3.05) is 11.5 Å². The molecule has 2 nitrogen and oxygen atoms in total. The summed E-state index contributed by atoms with van der Waals surface area (Å²) in [6.45, 7) is 2.15. The summed E-state index contributed by atoms with van der Waals surface area (Å²) in [7, 11) is 0. The smallest absolute Gasteiger partial charge is 0.309 e. The minimum Gasteiger partial charge on any atom is -0.481 e. The number of aliphatic carboxylic acids is 1. The number of carboxylic acid groups (broad SMARTS) is 1. The molecule has 82 valence electrons. The van der Waals surface area contributed by atoms with Crippen LogP contribution >= 0.6 is 11.8 Å². The van der Waals surface area contributed by atoms with Gasteiger partial charge in [-0.3, -0.25) is 4.79 Å². The van der Waals surface area contributed by atoms with Crippen LogP contribution in [0.15, 0.2) is 0 Å². The lowest BCUT2D eigenvalue weighted by atomic mass is 9.82. The molecule has 0 aromatic rings. The molecule has 0 aliphatic heterocycles. The van der Waals surface area contributed by atoms with Gasteiger partial charge >= 0.3 is 5.97 Å². The Balaban J connectivity index is 2.33. The van der Waals surface area contributed by atoms with Gasteiger partial charge in [0, 0.05) is 0 Å². The minimum atomic E-state index is -0.559. The minimum absolute atomic E-state index is 0.353. The van der Waals surface area contributed by atoms with E-state index in [-0.39, 0.29) is 5.41 Å². The van der Waals surface area contributed by atoms with Crippen LogP contribution in [0.1, 0.15) is 45.4 Å². The zero-order valence-electron chi connectivity index (χ0n) is 8.92. The van der Waals surface area contributed by atoms with Crippen molar-refractivity contribution >= 4 is 17.7 Å². The van der Waals surface area contributed by atoms with Crippen molar-refractivity contribution < 1.29 is 9.90 Å². The lowest BCUT2D eigenvalue weighted by molar-refractivity contribution is -0.149. The highest BCUT2D eigenvalue weighted by Gasteiger charge is 2.40. The van der Waals surface area contributed by atoms with Gasteiger partial charge in [-0.1, -0.05) is 19.8 Å². The van der Waals surface area contributed by atoms with Crippen LogP contribution in [0.3, 0.4) is 0 Å². The van der Waals surface area contributed by atoms with Crippen LogP contribution in [0.4, 0.5) is 0 Å². The molecular formula is C11H20O2S. The Hall–Kier alpha value is -0.180. The molecule has 0 heterocycles. The zero-order chi connectivity index (χ0) is 10.4. The van der Waals surface area contributed by atoms with Crippen LogP contribution in [0.5, 0.6) is 0 Å². The lowest BCUT2D eigenvalue weighted by Crippen LogP contribution is -2.27. The second kappa shape index (κ2) is 5.64. The van der Waals surface area contributed by atoms with Gasteiger partial charge < -0.3 is 5.11 Å². The fourth-order valence-electron chi connectivity index (χ4n) is 2.28. The number of hydrogen-bond acceptors (Lipinski definition) is 2. The lowest BCUT2D eigenvalue weighted by Gasteiger charge is -2.23. The van der Waals surface area contributed by atoms with Gasteiger partial charge in [0.15, 0.2) is 0 Å². The monoisotopic (exact) mass is 216 g/mol. The third-order valence-electron chi connectivity index (χ3n) is 3.16. The van der Waals surface area contributed by atoms with Crippen molar-refractivity contribution in [2.24, 2.45) is 5.41 Å². The average molecular weight is 216 g/mol. The molecule has 1 fully saturated rings. The molecule has 14 heavy (non-hydrogen) atoms. The third kappa shape index (κ3) is 2.91. The van der Waals surface area contributed by atoms with Gasteiger partial charge in [0.2, 0.25) is 0 Å². The summed E-state index contributed by atoms with van der Waals surface area (Å²) >= 11 is 1.91. The first-order chi connectivity index (χ1) is 6.71. The largest absolute Gasteiger partial charge is 0.481 e. The van der Waals surface area contributed by atoms with E-state index in [1.54, 1.807) is 0 Å².